The standard InChI is InChI=1S/C30H41N3O4/c1-30(2)16-21-13-14-22(32-28(21)31-19-30)8-5-4-6-15-37-23-17-33(18-23)27(29(34)35)24-9-7-10-25(36-3)26(24)20-11-12-20/h7,9-10,13-14,20,23,27H,4-6,8,11-12,15-19H2,1-3H3,(H,31,32)(H,34,35). The highest BCUT2D eigenvalue weighted by molar-refractivity contribution is 5.77. The van der Waals surface area contributed by atoms with Crippen molar-refractivity contribution < 1.29 is 19.4 Å². The number of aryl methyl sites for hydroxylation is 1. The highest BCUT2D eigenvalue weighted by Gasteiger charge is 2.41. The molecule has 37 heavy (non-hydrogen) atoms. The maximum absolute atomic E-state index is 12.3. The fourth-order valence-corrected chi connectivity index (χ4v) is 5.76. The number of methoxy groups -OCH3 is 1. The van der Waals surface area contributed by atoms with Crippen molar-refractivity contribution in [1.29, 1.82) is 0 Å². The van der Waals surface area contributed by atoms with Crippen LogP contribution in [-0.2, 0) is 22.4 Å². The number of aliphatic carboxylic acids is 1. The number of pyridine rings is 1. The SMILES string of the molecule is COc1cccc(C(C(=O)O)N2CC(OCCCCCc3ccc4c(n3)NCC(C)(C)C4)C2)c1C1CC1. The van der Waals surface area contributed by atoms with Crippen molar-refractivity contribution in [3.63, 3.8) is 0 Å². The molecule has 2 aromatic rings. The molecule has 2 aliphatic heterocycles. The van der Waals surface area contributed by atoms with E-state index in [1.807, 2.05) is 23.1 Å². The van der Waals surface area contributed by atoms with Gasteiger partial charge in [-0.1, -0.05) is 38.5 Å². The van der Waals surface area contributed by atoms with Gasteiger partial charge in [-0.25, -0.2) is 4.98 Å². The average Bonchev–Trinajstić information content (AvgIpc) is 3.68. The minimum atomic E-state index is -0.802. The molecule has 0 radical (unpaired) electrons. The molecule has 0 amide bonds. The highest BCUT2D eigenvalue weighted by Crippen LogP contribution is 2.48. The molecule has 1 unspecified atom stereocenters. The van der Waals surface area contributed by atoms with Gasteiger partial charge in [0.25, 0.3) is 0 Å². The third kappa shape index (κ3) is 6.10. The van der Waals surface area contributed by atoms with Crippen LogP contribution >= 0.6 is 0 Å². The van der Waals surface area contributed by atoms with E-state index in [1.54, 1.807) is 7.11 Å². The molecule has 7 nitrogen and oxygen atoms in total. The Morgan fingerprint density at radius 1 is 1.19 bits per heavy atom. The van der Waals surface area contributed by atoms with Gasteiger partial charge < -0.3 is 19.9 Å². The van der Waals surface area contributed by atoms with E-state index in [9.17, 15) is 9.90 Å². The molecule has 1 aliphatic carbocycles. The number of benzene rings is 1. The predicted octanol–water partition coefficient (Wildman–Crippen LogP) is 5.20. The van der Waals surface area contributed by atoms with Crippen LogP contribution in [0.4, 0.5) is 5.82 Å². The first-order valence-corrected chi connectivity index (χ1v) is 13.8. The van der Waals surface area contributed by atoms with Crippen molar-refractivity contribution in [3.8, 4) is 5.75 Å². The first-order valence-electron chi connectivity index (χ1n) is 13.8. The van der Waals surface area contributed by atoms with Gasteiger partial charge in [0.15, 0.2) is 0 Å². The number of anilines is 1. The molecule has 1 aromatic carbocycles. The van der Waals surface area contributed by atoms with Gasteiger partial charge in [-0.05, 0) is 73.1 Å². The molecule has 1 aromatic heterocycles. The number of aromatic nitrogens is 1. The Kier molecular flexibility index (Phi) is 7.72. The molecule has 2 N–H and O–H groups in total. The molecular formula is C30H41N3O4. The largest absolute Gasteiger partial charge is 0.496 e. The van der Waals surface area contributed by atoms with Gasteiger partial charge in [-0.15, -0.1) is 0 Å². The Morgan fingerprint density at radius 2 is 2.00 bits per heavy atom. The van der Waals surface area contributed by atoms with Gasteiger partial charge in [0.05, 0.1) is 13.2 Å². The lowest BCUT2D eigenvalue weighted by Gasteiger charge is -2.43. The number of nitrogens with zero attached hydrogens (tertiary/aromatic N) is 2. The summed E-state index contributed by atoms with van der Waals surface area (Å²) in [6, 6.07) is 9.57. The van der Waals surface area contributed by atoms with Crippen molar-refractivity contribution in [2.75, 3.05) is 38.7 Å². The predicted molar refractivity (Wildman–Crippen MR) is 144 cm³/mol. The van der Waals surface area contributed by atoms with Crippen molar-refractivity contribution in [2.24, 2.45) is 5.41 Å². The molecule has 1 saturated carbocycles. The molecule has 3 aliphatic rings. The minimum Gasteiger partial charge on any atom is -0.496 e. The second-order valence-corrected chi connectivity index (χ2v) is 11.7. The number of nitrogens with one attached hydrogen (secondary N) is 1. The number of carboxylic acids is 1. The zero-order valence-corrected chi connectivity index (χ0v) is 22.5. The lowest BCUT2D eigenvalue weighted by molar-refractivity contribution is -0.151. The van der Waals surface area contributed by atoms with Crippen LogP contribution in [-0.4, -0.2) is 60.4 Å². The van der Waals surface area contributed by atoms with Gasteiger partial charge >= 0.3 is 5.97 Å². The summed E-state index contributed by atoms with van der Waals surface area (Å²) in [5.74, 6) is 1.49. The van der Waals surface area contributed by atoms with Gasteiger partial charge in [0.2, 0.25) is 0 Å². The van der Waals surface area contributed by atoms with E-state index in [2.05, 4.69) is 31.3 Å². The van der Waals surface area contributed by atoms with E-state index in [1.165, 1.54) is 5.56 Å². The molecule has 200 valence electrons. The van der Waals surface area contributed by atoms with E-state index in [4.69, 9.17) is 14.5 Å². The third-order valence-electron chi connectivity index (χ3n) is 7.95. The zero-order valence-electron chi connectivity index (χ0n) is 22.5. The van der Waals surface area contributed by atoms with Gasteiger partial charge in [0, 0.05) is 37.5 Å². The van der Waals surface area contributed by atoms with Gasteiger partial charge in [0.1, 0.15) is 17.6 Å². The summed E-state index contributed by atoms with van der Waals surface area (Å²) < 4.78 is 11.6. The van der Waals surface area contributed by atoms with Crippen LogP contribution in [0.3, 0.4) is 0 Å². The molecule has 1 atom stereocenters. The summed E-state index contributed by atoms with van der Waals surface area (Å²) >= 11 is 0. The molecule has 7 heteroatoms. The van der Waals surface area contributed by atoms with Crippen molar-refractivity contribution in [3.05, 3.63) is 52.7 Å². The number of unbranched alkanes of at least 4 members (excludes halogenated alkanes) is 2. The van der Waals surface area contributed by atoms with E-state index in [0.717, 1.165) is 86.5 Å². The first-order chi connectivity index (χ1) is 17.8. The van der Waals surface area contributed by atoms with E-state index >= 15 is 0 Å². The molecule has 2 fully saturated rings. The second kappa shape index (κ2) is 11.0. The van der Waals surface area contributed by atoms with Crippen molar-refractivity contribution in [1.82, 2.24) is 9.88 Å². The molecule has 5 rings (SSSR count). The third-order valence-corrected chi connectivity index (χ3v) is 7.95. The smallest absolute Gasteiger partial charge is 0.325 e. The number of carbonyl (C=O) groups is 1. The van der Waals surface area contributed by atoms with Gasteiger partial charge in [-0.3, -0.25) is 9.69 Å². The maximum atomic E-state index is 12.3. The van der Waals surface area contributed by atoms with E-state index < -0.39 is 12.0 Å². The van der Waals surface area contributed by atoms with E-state index in [0.29, 0.717) is 19.0 Å². The van der Waals surface area contributed by atoms with Crippen LogP contribution < -0.4 is 10.1 Å². The number of carboxylic acid groups (broad SMARTS) is 1. The molecule has 0 spiro atoms. The summed E-state index contributed by atoms with van der Waals surface area (Å²) in [5, 5.41) is 13.6. The van der Waals surface area contributed by atoms with Crippen LogP contribution in [0.15, 0.2) is 30.3 Å². The molecule has 1 saturated heterocycles. The number of fused-ring (bicyclic) bond motifs is 1. The van der Waals surface area contributed by atoms with Crippen LogP contribution in [0.1, 0.15) is 80.3 Å². The lowest BCUT2D eigenvalue weighted by atomic mass is 9.83. The highest BCUT2D eigenvalue weighted by atomic mass is 16.5. The Morgan fingerprint density at radius 3 is 2.73 bits per heavy atom. The zero-order chi connectivity index (χ0) is 26.0. The summed E-state index contributed by atoms with van der Waals surface area (Å²) in [6.07, 6.45) is 7.58. The number of hydrogen-bond acceptors (Lipinski definition) is 6. The summed E-state index contributed by atoms with van der Waals surface area (Å²) in [5.41, 5.74) is 4.72. The Balaban J connectivity index is 1.04. The second-order valence-electron chi connectivity index (χ2n) is 11.7. The Hall–Kier alpha value is -2.64. The normalized spacial score (nSPS) is 20.0. The van der Waals surface area contributed by atoms with Crippen LogP contribution in [0, 0.1) is 5.41 Å². The average molecular weight is 508 g/mol. The van der Waals surface area contributed by atoms with E-state index in [-0.39, 0.29) is 11.5 Å². The molecule has 3 heterocycles. The number of rotatable bonds is 12. The quantitative estimate of drug-likeness (QED) is 0.382. The minimum absolute atomic E-state index is 0.106. The first kappa shape index (κ1) is 26.0. The van der Waals surface area contributed by atoms with Crippen LogP contribution in [0.2, 0.25) is 0 Å². The fourth-order valence-electron chi connectivity index (χ4n) is 5.76. The van der Waals surface area contributed by atoms with Gasteiger partial charge in [-0.2, -0.15) is 0 Å². The monoisotopic (exact) mass is 507 g/mol. The topological polar surface area (TPSA) is 83.9 Å². The van der Waals surface area contributed by atoms with Crippen molar-refractivity contribution in [2.45, 2.75) is 76.9 Å². The summed E-state index contributed by atoms with van der Waals surface area (Å²) in [6.45, 7) is 7.58. The van der Waals surface area contributed by atoms with Crippen molar-refractivity contribution >= 4 is 11.8 Å². The Labute approximate surface area is 220 Å². The Bertz CT molecular complexity index is 1110. The summed E-state index contributed by atoms with van der Waals surface area (Å²) in [4.78, 5) is 19.1. The fraction of sp³-hybridized carbons (Fsp3) is 0.600. The lowest BCUT2D eigenvalue weighted by Crippen LogP contribution is -2.55. The number of likely N-dealkylation sites (tertiary alicyclic amines) is 1. The maximum Gasteiger partial charge on any atom is 0.325 e. The molecular weight excluding hydrogens is 466 g/mol. The molecule has 0 bridgehead atoms. The number of ether oxygens (including phenoxy) is 2. The van der Waals surface area contributed by atoms with Crippen LogP contribution in [0.25, 0.3) is 0 Å². The van der Waals surface area contributed by atoms with Crippen LogP contribution in [0.5, 0.6) is 5.75 Å². The number of hydrogen-bond donors (Lipinski definition) is 2. The summed E-state index contributed by atoms with van der Waals surface area (Å²) in [7, 11) is 1.66.